The zero-order valence-corrected chi connectivity index (χ0v) is 11.5. The fourth-order valence-corrected chi connectivity index (χ4v) is 1.82. The molecule has 0 spiro atoms. The van der Waals surface area contributed by atoms with Gasteiger partial charge in [-0.3, -0.25) is 9.59 Å². The lowest BCUT2D eigenvalue weighted by atomic mass is 9.81. The molecule has 2 N–H and O–H groups in total. The summed E-state index contributed by atoms with van der Waals surface area (Å²) in [7, 11) is 1.57. The molecule has 1 rings (SSSR count). The molecule has 0 aliphatic heterocycles. The number of hydrogen-bond donors (Lipinski definition) is 2. The lowest BCUT2D eigenvalue weighted by molar-refractivity contribution is -0.164. The van der Waals surface area contributed by atoms with Crippen molar-refractivity contribution in [1.82, 2.24) is 0 Å². The highest BCUT2D eigenvalue weighted by Gasteiger charge is 2.43. The minimum Gasteiger partial charge on any atom is -0.497 e. The zero-order chi connectivity index (χ0) is 15.2. The average molecular weight is 278 g/mol. The van der Waals surface area contributed by atoms with Gasteiger partial charge in [0.1, 0.15) is 5.75 Å². The van der Waals surface area contributed by atoms with Crippen molar-refractivity contribution in [2.45, 2.75) is 19.8 Å². The first-order chi connectivity index (χ1) is 9.46. The number of rotatable bonds is 7. The Morgan fingerprint density at radius 2 is 1.75 bits per heavy atom. The smallest absolute Gasteiger partial charge is 0.321 e. The predicted molar refractivity (Wildman–Crippen MR) is 74.6 cm³/mol. The van der Waals surface area contributed by atoms with Gasteiger partial charge in [-0.2, -0.15) is 0 Å². The number of hydrogen-bond acceptors (Lipinski definition) is 3. The molecule has 0 saturated carbocycles. The van der Waals surface area contributed by atoms with Gasteiger partial charge in [-0.05, 0) is 30.5 Å². The third-order valence-electron chi connectivity index (χ3n) is 3.31. The van der Waals surface area contributed by atoms with E-state index in [2.05, 4.69) is 0 Å². The zero-order valence-electron chi connectivity index (χ0n) is 11.5. The first kappa shape index (κ1) is 15.8. The molecular weight excluding hydrogens is 260 g/mol. The Bertz CT molecular complexity index is 488. The summed E-state index contributed by atoms with van der Waals surface area (Å²) in [6.45, 7) is 1.56. The number of benzene rings is 1. The second kappa shape index (κ2) is 6.75. The average Bonchev–Trinajstić information content (AvgIpc) is 2.43. The Morgan fingerprint density at radius 3 is 2.15 bits per heavy atom. The monoisotopic (exact) mass is 278 g/mol. The van der Waals surface area contributed by atoms with Gasteiger partial charge in [0.05, 0.1) is 7.11 Å². The minimum absolute atomic E-state index is 0.0324. The van der Waals surface area contributed by atoms with E-state index < -0.39 is 17.4 Å². The molecule has 20 heavy (non-hydrogen) atoms. The summed E-state index contributed by atoms with van der Waals surface area (Å²) in [5.74, 6) is -1.90. The van der Waals surface area contributed by atoms with Crippen molar-refractivity contribution in [3.05, 3.63) is 35.9 Å². The van der Waals surface area contributed by atoms with Crippen LogP contribution in [0.25, 0.3) is 6.08 Å². The highest BCUT2D eigenvalue weighted by molar-refractivity contribution is 5.98. The summed E-state index contributed by atoms with van der Waals surface area (Å²) in [6.07, 6.45) is 3.26. The third-order valence-corrected chi connectivity index (χ3v) is 3.31. The summed E-state index contributed by atoms with van der Waals surface area (Å²) in [5, 5.41) is 18.3. The molecule has 0 atom stereocenters. The Kier molecular flexibility index (Phi) is 5.32. The van der Waals surface area contributed by atoms with Crippen LogP contribution in [0.2, 0.25) is 0 Å². The second-order valence-electron chi connectivity index (χ2n) is 4.43. The van der Waals surface area contributed by atoms with Gasteiger partial charge >= 0.3 is 11.9 Å². The van der Waals surface area contributed by atoms with E-state index >= 15 is 0 Å². The Balaban J connectivity index is 2.83. The van der Waals surface area contributed by atoms with Crippen LogP contribution in [-0.4, -0.2) is 29.3 Å². The number of allylic oxidation sites excluding steroid dienone is 1. The third kappa shape index (κ3) is 3.38. The van der Waals surface area contributed by atoms with Crippen molar-refractivity contribution in [2.24, 2.45) is 5.41 Å². The van der Waals surface area contributed by atoms with Crippen molar-refractivity contribution in [2.75, 3.05) is 7.11 Å². The predicted octanol–water partition coefficient (Wildman–Crippen LogP) is 2.66. The molecule has 0 fully saturated rings. The van der Waals surface area contributed by atoms with Crippen molar-refractivity contribution >= 4 is 18.0 Å². The SMILES string of the molecule is CCC(CC=Cc1ccc(OC)cc1)(C(=O)O)C(=O)O. The normalized spacial score (nSPS) is 11.5. The molecule has 0 saturated heterocycles. The van der Waals surface area contributed by atoms with Crippen molar-refractivity contribution in [3.8, 4) is 5.75 Å². The summed E-state index contributed by atoms with van der Waals surface area (Å²) in [4.78, 5) is 22.4. The molecule has 108 valence electrons. The largest absolute Gasteiger partial charge is 0.497 e. The lowest BCUT2D eigenvalue weighted by Gasteiger charge is -2.21. The molecule has 0 aliphatic rings. The Morgan fingerprint density at radius 1 is 1.20 bits per heavy atom. The summed E-state index contributed by atoms with van der Waals surface area (Å²) >= 11 is 0. The first-order valence-corrected chi connectivity index (χ1v) is 6.23. The summed E-state index contributed by atoms with van der Waals surface area (Å²) in [6, 6.07) is 7.18. The quantitative estimate of drug-likeness (QED) is 0.749. The van der Waals surface area contributed by atoms with Gasteiger partial charge in [0, 0.05) is 0 Å². The first-order valence-electron chi connectivity index (χ1n) is 6.23. The van der Waals surface area contributed by atoms with Crippen LogP contribution in [0.4, 0.5) is 0 Å². The molecule has 0 unspecified atom stereocenters. The molecular formula is C15H18O5. The molecule has 5 heteroatoms. The number of aliphatic carboxylic acids is 2. The van der Waals surface area contributed by atoms with E-state index in [1.807, 2.05) is 12.1 Å². The standard InChI is InChI=1S/C15H18O5/c1-3-15(13(16)17,14(18)19)10-4-5-11-6-8-12(20-2)9-7-11/h4-9H,3,10H2,1-2H3,(H,16,17)(H,18,19). The van der Waals surface area contributed by atoms with E-state index in [0.29, 0.717) is 0 Å². The van der Waals surface area contributed by atoms with Gasteiger partial charge in [-0.25, -0.2) is 0 Å². The summed E-state index contributed by atoms with van der Waals surface area (Å²) < 4.78 is 5.03. The highest BCUT2D eigenvalue weighted by atomic mass is 16.5. The fraction of sp³-hybridized carbons (Fsp3) is 0.333. The Hall–Kier alpha value is -2.30. The second-order valence-corrected chi connectivity index (χ2v) is 4.43. The Labute approximate surface area is 117 Å². The highest BCUT2D eigenvalue weighted by Crippen LogP contribution is 2.28. The molecule has 5 nitrogen and oxygen atoms in total. The maximum absolute atomic E-state index is 11.2. The molecule has 1 aromatic rings. The molecule has 0 radical (unpaired) electrons. The maximum Gasteiger partial charge on any atom is 0.321 e. The topological polar surface area (TPSA) is 83.8 Å². The van der Waals surface area contributed by atoms with E-state index in [0.717, 1.165) is 11.3 Å². The van der Waals surface area contributed by atoms with Crippen LogP contribution in [-0.2, 0) is 9.59 Å². The molecule has 0 heterocycles. The van der Waals surface area contributed by atoms with Crippen LogP contribution in [0.15, 0.2) is 30.3 Å². The van der Waals surface area contributed by atoms with Gasteiger partial charge in [0.2, 0.25) is 0 Å². The number of ether oxygens (including phenoxy) is 1. The van der Waals surface area contributed by atoms with Gasteiger partial charge in [0.15, 0.2) is 5.41 Å². The van der Waals surface area contributed by atoms with E-state index in [1.54, 1.807) is 38.3 Å². The lowest BCUT2D eigenvalue weighted by Crippen LogP contribution is -2.38. The van der Waals surface area contributed by atoms with Crippen LogP contribution >= 0.6 is 0 Å². The molecule has 0 bridgehead atoms. The van der Waals surface area contributed by atoms with Crippen molar-refractivity contribution < 1.29 is 24.5 Å². The molecule has 0 aliphatic carbocycles. The number of carbonyl (C=O) groups is 2. The molecule has 0 amide bonds. The molecule has 0 aromatic heterocycles. The van der Waals surface area contributed by atoms with Crippen LogP contribution in [0.5, 0.6) is 5.75 Å². The van der Waals surface area contributed by atoms with Gasteiger partial charge < -0.3 is 14.9 Å². The van der Waals surface area contributed by atoms with Gasteiger partial charge in [0.25, 0.3) is 0 Å². The van der Waals surface area contributed by atoms with Gasteiger partial charge in [-0.1, -0.05) is 31.2 Å². The van der Waals surface area contributed by atoms with E-state index in [4.69, 9.17) is 14.9 Å². The van der Waals surface area contributed by atoms with Crippen LogP contribution in [0.3, 0.4) is 0 Å². The fourth-order valence-electron chi connectivity index (χ4n) is 1.82. The number of carboxylic acids is 2. The van der Waals surface area contributed by atoms with E-state index in [-0.39, 0.29) is 12.8 Å². The minimum atomic E-state index is -1.76. The van der Waals surface area contributed by atoms with Crippen LogP contribution in [0.1, 0.15) is 25.3 Å². The van der Waals surface area contributed by atoms with E-state index in [9.17, 15) is 9.59 Å². The number of carboxylic acid groups (broad SMARTS) is 2. The van der Waals surface area contributed by atoms with Crippen LogP contribution < -0.4 is 4.74 Å². The van der Waals surface area contributed by atoms with Gasteiger partial charge in [-0.15, -0.1) is 0 Å². The van der Waals surface area contributed by atoms with Crippen LogP contribution in [0, 0.1) is 5.41 Å². The van der Waals surface area contributed by atoms with E-state index in [1.165, 1.54) is 0 Å². The number of methoxy groups -OCH3 is 1. The summed E-state index contributed by atoms with van der Waals surface area (Å²) in [5.41, 5.74) is -0.908. The molecule has 1 aromatic carbocycles. The van der Waals surface area contributed by atoms with Crippen molar-refractivity contribution in [3.63, 3.8) is 0 Å². The maximum atomic E-state index is 11.2. The van der Waals surface area contributed by atoms with Crippen molar-refractivity contribution in [1.29, 1.82) is 0 Å².